The third kappa shape index (κ3) is 3.71. The molecule has 1 atom stereocenters. The van der Waals surface area contributed by atoms with Crippen molar-refractivity contribution in [2.24, 2.45) is 5.92 Å². The Bertz CT molecular complexity index is 436. The van der Waals surface area contributed by atoms with Crippen molar-refractivity contribution >= 4 is 11.6 Å². The van der Waals surface area contributed by atoms with Gasteiger partial charge in [0, 0.05) is 24.8 Å². The van der Waals surface area contributed by atoms with Gasteiger partial charge in [-0.3, -0.25) is 0 Å². The van der Waals surface area contributed by atoms with Gasteiger partial charge in [-0.2, -0.15) is 5.26 Å². The van der Waals surface area contributed by atoms with E-state index in [1.54, 1.807) is 12.1 Å². The number of hydrogen-bond donors (Lipinski definition) is 1. The third-order valence-corrected chi connectivity index (χ3v) is 3.60. The maximum Gasteiger partial charge on any atom is 0.0992 e. The zero-order chi connectivity index (χ0) is 12.8. The highest BCUT2D eigenvalue weighted by Gasteiger charge is 2.14. The highest BCUT2D eigenvalue weighted by molar-refractivity contribution is 6.31. The first kappa shape index (κ1) is 13.4. The highest BCUT2D eigenvalue weighted by atomic mass is 35.5. The van der Waals surface area contributed by atoms with Gasteiger partial charge in [-0.05, 0) is 43.0 Å². The topological polar surface area (TPSA) is 45.0 Å². The quantitative estimate of drug-likeness (QED) is 0.832. The Morgan fingerprint density at radius 3 is 3.06 bits per heavy atom. The van der Waals surface area contributed by atoms with E-state index in [2.05, 4.69) is 11.4 Å². The fourth-order valence-corrected chi connectivity index (χ4v) is 2.35. The van der Waals surface area contributed by atoms with Crippen LogP contribution in [0.1, 0.15) is 24.0 Å². The average Bonchev–Trinajstić information content (AvgIpc) is 2.89. The Balaban J connectivity index is 1.74. The largest absolute Gasteiger partial charge is 0.381 e. The number of rotatable bonds is 5. The molecule has 96 valence electrons. The molecule has 1 N–H and O–H groups in total. The molecule has 0 amide bonds. The standard InChI is InChI=1S/C14H17ClN2O/c15-14-7-12(8-16)1-2-13(14)9-17-5-3-11-4-6-18-10-11/h1-2,7,11,17H,3-6,9-10H2. The normalized spacial score (nSPS) is 18.8. The van der Waals surface area contributed by atoms with E-state index in [9.17, 15) is 0 Å². The van der Waals surface area contributed by atoms with Crippen LogP contribution in [0.5, 0.6) is 0 Å². The van der Waals surface area contributed by atoms with Crippen molar-refractivity contribution in [1.82, 2.24) is 5.32 Å². The van der Waals surface area contributed by atoms with E-state index in [1.807, 2.05) is 6.07 Å². The maximum atomic E-state index is 8.75. The second-order valence-electron chi connectivity index (χ2n) is 4.61. The lowest BCUT2D eigenvalue weighted by molar-refractivity contribution is 0.184. The second-order valence-corrected chi connectivity index (χ2v) is 5.02. The van der Waals surface area contributed by atoms with E-state index in [0.717, 1.165) is 38.3 Å². The van der Waals surface area contributed by atoms with Gasteiger partial charge >= 0.3 is 0 Å². The van der Waals surface area contributed by atoms with Crippen LogP contribution in [-0.4, -0.2) is 19.8 Å². The van der Waals surface area contributed by atoms with E-state index in [0.29, 0.717) is 16.5 Å². The Morgan fingerprint density at radius 2 is 2.39 bits per heavy atom. The van der Waals surface area contributed by atoms with Crippen LogP contribution in [-0.2, 0) is 11.3 Å². The molecule has 0 aliphatic carbocycles. The van der Waals surface area contributed by atoms with Gasteiger partial charge < -0.3 is 10.1 Å². The summed E-state index contributed by atoms with van der Waals surface area (Å²) in [7, 11) is 0. The van der Waals surface area contributed by atoms with Gasteiger partial charge in [0.1, 0.15) is 0 Å². The fraction of sp³-hybridized carbons (Fsp3) is 0.500. The van der Waals surface area contributed by atoms with Crippen LogP contribution in [0.3, 0.4) is 0 Å². The molecule has 1 heterocycles. The van der Waals surface area contributed by atoms with E-state index >= 15 is 0 Å². The first-order valence-electron chi connectivity index (χ1n) is 6.26. The lowest BCUT2D eigenvalue weighted by Gasteiger charge is -2.09. The summed E-state index contributed by atoms with van der Waals surface area (Å²) in [5.41, 5.74) is 1.64. The molecule has 0 spiro atoms. The molecule has 2 rings (SSSR count). The SMILES string of the molecule is N#Cc1ccc(CNCCC2CCOC2)c(Cl)c1. The Hall–Kier alpha value is -1.08. The first-order chi connectivity index (χ1) is 8.79. The van der Waals surface area contributed by atoms with Gasteiger partial charge in [0.15, 0.2) is 0 Å². The minimum Gasteiger partial charge on any atom is -0.381 e. The zero-order valence-electron chi connectivity index (χ0n) is 10.3. The summed E-state index contributed by atoms with van der Waals surface area (Å²) in [6, 6.07) is 7.50. The maximum absolute atomic E-state index is 8.75. The average molecular weight is 265 g/mol. The molecular formula is C14H17ClN2O. The van der Waals surface area contributed by atoms with Crippen molar-refractivity contribution in [3.8, 4) is 6.07 Å². The lowest BCUT2D eigenvalue weighted by atomic mass is 10.1. The fourth-order valence-electron chi connectivity index (χ4n) is 2.10. The van der Waals surface area contributed by atoms with Crippen molar-refractivity contribution < 1.29 is 4.74 Å². The van der Waals surface area contributed by atoms with Gasteiger partial charge in [-0.1, -0.05) is 17.7 Å². The van der Waals surface area contributed by atoms with Crippen LogP contribution in [0.2, 0.25) is 5.02 Å². The predicted octanol–water partition coefficient (Wildman–Crippen LogP) is 2.73. The van der Waals surface area contributed by atoms with Gasteiger partial charge in [0.05, 0.1) is 11.6 Å². The van der Waals surface area contributed by atoms with Crippen LogP contribution in [0, 0.1) is 17.2 Å². The second kappa shape index (κ2) is 6.75. The van der Waals surface area contributed by atoms with Gasteiger partial charge in [-0.15, -0.1) is 0 Å². The zero-order valence-corrected chi connectivity index (χ0v) is 11.0. The summed E-state index contributed by atoms with van der Waals surface area (Å²) in [6.07, 6.45) is 2.33. The van der Waals surface area contributed by atoms with Crippen molar-refractivity contribution in [3.05, 3.63) is 34.3 Å². The Labute approximate surface area is 113 Å². The van der Waals surface area contributed by atoms with Crippen molar-refractivity contribution in [1.29, 1.82) is 5.26 Å². The molecule has 1 aromatic carbocycles. The first-order valence-corrected chi connectivity index (χ1v) is 6.64. The molecule has 1 aliphatic rings. The molecule has 1 saturated heterocycles. The monoisotopic (exact) mass is 264 g/mol. The van der Waals surface area contributed by atoms with Crippen LogP contribution in [0.25, 0.3) is 0 Å². The minimum atomic E-state index is 0.604. The summed E-state index contributed by atoms with van der Waals surface area (Å²) in [6.45, 7) is 3.54. The lowest BCUT2D eigenvalue weighted by Crippen LogP contribution is -2.18. The molecule has 0 saturated carbocycles. The molecule has 1 unspecified atom stereocenters. The van der Waals surface area contributed by atoms with Crippen molar-refractivity contribution in [2.75, 3.05) is 19.8 Å². The van der Waals surface area contributed by atoms with Gasteiger partial charge in [-0.25, -0.2) is 0 Å². The summed E-state index contributed by atoms with van der Waals surface area (Å²) >= 11 is 6.10. The number of halogens is 1. The van der Waals surface area contributed by atoms with Crippen molar-refractivity contribution in [2.45, 2.75) is 19.4 Å². The van der Waals surface area contributed by atoms with Crippen LogP contribution < -0.4 is 5.32 Å². The number of ether oxygens (including phenoxy) is 1. The van der Waals surface area contributed by atoms with E-state index in [4.69, 9.17) is 21.6 Å². The molecular weight excluding hydrogens is 248 g/mol. The smallest absolute Gasteiger partial charge is 0.0992 e. The third-order valence-electron chi connectivity index (χ3n) is 3.25. The molecule has 18 heavy (non-hydrogen) atoms. The Kier molecular flexibility index (Phi) is 5.00. The number of hydrogen-bond acceptors (Lipinski definition) is 3. The number of nitrogens with zero attached hydrogens (tertiary/aromatic N) is 1. The summed E-state index contributed by atoms with van der Waals surface area (Å²) in [5, 5.41) is 12.8. The summed E-state index contributed by atoms with van der Waals surface area (Å²) in [4.78, 5) is 0. The summed E-state index contributed by atoms with van der Waals surface area (Å²) in [5.74, 6) is 0.703. The molecule has 1 aliphatic heterocycles. The van der Waals surface area contributed by atoms with E-state index < -0.39 is 0 Å². The molecule has 0 bridgehead atoms. The minimum absolute atomic E-state index is 0.604. The highest BCUT2D eigenvalue weighted by Crippen LogP contribution is 2.18. The van der Waals surface area contributed by atoms with Crippen LogP contribution in [0.4, 0.5) is 0 Å². The number of nitriles is 1. The van der Waals surface area contributed by atoms with Crippen molar-refractivity contribution in [3.63, 3.8) is 0 Å². The van der Waals surface area contributed by atoms with E-state index in [1.165, 1.54) is 6.42 Å². The Morgan fingerprint density at radius 1 is 1.50 bits per heavy atom. The van der Waals surface area contributed by atoms with Crippen LogP contribution >= 0.6 is 11.6 Å². The van der Waals surface area contributed by atoms with Gasteiger partial charge in [0.25, 0.3) is 0 Å². The predicted molar refractivity (Wildman–Crippen MR) is 71.4 cm³/mol. The van der Waals surface area contributed by atoms with Gasteiger partial charge in [0.2, 0.25) is 0 Å². The molecule has 3 nitrogen and oxygen atoms in total. The molecule has 4 heteroatoms. The van der Waals surface area contributed by atoms with E-state index in [-0.39, 0.29) is 0 Å². The molecule has 0 aromatic heterocycles. The number of benzene rings is 1. The van der Waals surface area contributed by atoms with Crippen LogP contribution in [0.15, 0.2) is 18.2 Å². The molecule has 1 aromatic rings. The summed E-state index contributed by atoms with van der Waals surface area (Å²) < 4.78 is 5.34. The number of nitrogens with one attached hydrogen (secondary N) is 1. The molecule has 0 radical (unpaired) electrons. The molecule has 1 fully saturated rings.